The molecule has 0 saturated heterocycles. The zero-order valence-electron chi connectivity index (χ0n) is 12.9. The minimum absolute atomic E-state index is 0.356. The summed E-state index contributed by atoms with van der Waals surface area (Å²) in [7, 11) is -3.80. The highest BCUT2D eigenvalue weighted by molar-refractivity contribution is 7.90. The number of rotatable bonds is 5. The maximum absolute atomic E-state index is 12.6. The van der Waals surface area contributed by atoms with Gasteiger partial charge in [-0.2, -0.15) is 5.10 Å². The zero-order valence-corrected chi connectivity index (χ0v) is 13.7. The Balaban J connectivity index is 1.84. The van der Waals surface area contributed by atoms with E-state index < -0.39 is 21.2 Å². The average Bonchev–Trinajstić information content (AvgIpc) is 3.10. The molecule has 1 aliphatic heterocycles. The topological polar surface area (TPSA) is 81.1 Å². The van der Waals surface area contributed by atoms with Crippen LogP contribution in [0.15, 0.2) is 36.5 Å². The minimum Gasteiger partial charge on any atom is -0.269 e. The molecule has 3 rings (SSSR count). The summed E-state index contributed by atoms with van der Waals surface area (Å²) < 4.78 is 29.2. The summed E-state index contributed by atoms with van der Waals surface area (Å²) in [5.41, 5.74) is 1.84. The van der Waals surface area contributed by atoms with Gasteiger partial charge in [0.25, 0.3) is 5.91 Å². The molecule has 2 heterocycles. The number of hydrogen-bond acceptors (Lipinski definition) is 4. The van der Waals surface area contributed by atoms with Crippen molar-refractivity contribution in [2.75, 3.05) is 0 Å². The second kappa shape index (κ2) is 6.16. The van der Waals surface area contributed by atoms with Gasteiger partial charge in [0, 0.05) is 6.54 Å². The lowest BCUT2D eigenvalue weighted by Gasteiger charge is -2.17. The highest BCUT2D eigenvalue weighted by Crippen LogP contribution is 2.25. The summed E-state index contributed by atoms with van der Waals surface area (Å²) in [5.74, 6) is -0.595. The molecule has 1 N–H and O–H groups in total. The van der Waals surface area contributed by atoms with Crippen LogP contribution in [0.2, 0.25) is 0 Å². The van der Waals surface area contributed by atoms with Crippen LogP contribution < -0.4 is 4.72 Å². The van der Waals surface area contributed by atoms with Crippen molar-refractivity contribution in [3.05, 3.63) is 53.3 Å². The monoisotopic (exact) mass is 333 g/mol. The number of sulfonamides is 1. The number of carbonyl (C=O) groups excluding carboxylic acids is 1. The first-order valence-corrected chi connectivity index (χ1v) is 9.23. The molecule has 0 fully saturated rings. The lowest BCUT2D eigenvalue weighted by molar-refractivity contribution is 0.0980. The molecule has 6 nitrogen and oxygen atoms in total. The van der Waals surface area contributed by atoms with Crippen molar-refractivity contribution in [3.8, 4) is 0 Å². The third-order valence-corrected chi connectivity index (χ3v) is 5.95. The molecular formula is C16H19N3O3S. The molecule has 1 aliphatic rings. The van der Waals surface area contributed by atoms with Crippen LogP contribution in [-0.4, -0.2) is 24.1 Å². The Morgan fingerprint density at radius 3 is 2.78 bits per heavy atom. The number of nitrogens with one attached hydrogen (secondary N) is 1. The highest BCUT2D eigenvalue weighted by atomic mass is 32.2. The fraction of sp³-hybridized carbons (Fsp3) is 0.375. The molecule has 122 valence electrons. The zero-order chi connectivity index (χ0) is 16.4. The molecule has 0 spiro atoms. The van der Waals surface area contributed by atoms with Crippen molar-refractivity contribution in [2.24, 2.45) is 0 Å². The van der Waals surface area contributed by atoms with Gasteiger partial charge in [0.1, 0.15) is 5.25 Å². The Labute approximate surface area is 135 Å². The number of aryl methyl sites for hydroxylation is 1. The number of aromatic nitrogens is 2. The lowest BCUT2D eigenvalue weighted by atomic mass is 10.1. The lowest BCUT2D eigenvalue weighted by Crippen LogP contribution is -2.34. The molecule has 2 aromatic rings. The Kier molecular flexibility index (Phi) is 4.21. The van der Waals surface area contributed by atoms with E-state index in [9.17, 15) is 13.2 Å². The van der Waals surface area contributed by atoms with Gasteiger partial charge in [-0.3, -0.25) is 9.48 Å². The summed E-state index contributed by atoms with van der Waals surface area (Å²) in [4.78, 5) is 12.4. The largest absolute Gasteiger partial charge is 0.269 e. The standard InChI is InChI=1S/C16H19N3O3S/c1-2-15(12-7-4-3-5-8-12)23(21,22)18-16(20)13-11-17-19-10-6-9-14(13)19/h3-5,7-8,11,15H,2,6,9-10H2,1H3,(H,18,20). The van der Waals surface area contributed by atoms with Crippen molar-refractivity contribution < 1.29 is 13.2 Å². The fourth-order valence-electron chi connectivity index (χ4n) is 3.01. The van der Waals surface area contributed by atoms with Gasteiger partial charge < -0.3 is 0 Å². The first-order valence-electron chi connectivity index (χ1n) is 7.68. The Morgan fingerprint density at radius 2 is 2.09 bits per heavy atom. The molecule has 1 aromatic heterocycles. The van der Waals surface area contributed by atoms with Gasteiger partial charge >= 0.3 is 0 Å². The van der Waals surface area contributed by atoms with Gasteiger partial charge in [-0.25, -0.2) is 13.1 Å². The summed E-state index contributed by atoms with van der Waals surface area (Å²) in [6.07, 6.45) is 3.51. The normalized spacial score (nSPS) is 15.2. The molecule has 23 heavy (non-hydrogen) atoms. The van der Waals surface area contributed by atoms with Crippen LogP contribution in [-0.2, 0) is 23.0 Å². The number of nitrogens with zero attached hydrogens (tertiary/aromatic N) is 2. The molecule has 0 radical (unpaired) electrons. The maximum atomic E-state index is 12.6. The second-order valence-corrected chi connectivity index (χ2v) is 7.48. The van der Waals surface area contributed by atoms with Gasteiger partial charge in [0.15, 0.2) is 0 Å². The smallest absolute Gasteiger partial charge is 0.268 e. The van der Waals surface area contributed by atoms with Gasteiger partial charge in [-0.15, -0.1) is 0 Å². The summed E-state index contributed by atoms with van der Waals surface area (Å²) in [6.45, 7) is 2.57. The first-order chi connectivity index (χ1) is 11.0. The van der Waals surface area contributed by atoms with E-state index in [2.05, 4.69) is 9.82 Å². The summed E-state index contributed by atoms with van der Waals surface area (Å²) in [5, 5.41) is 3.38. The third-order valence-electron chi connectivity index (χ3n) is 4.13. The van der Waals surface area contributed by atoms with Crippen molar-refractivity contribution >= 4 is 15.9 Å². The van der Waals surface area contributed by atoms with E-state index in [0.717, 1.165) is 25.1 Å². The predicted molar refractivity (Wildman–Crippen MR) is 86.4 cm³/mol. The van der Waals surface area contributed by atoms with E-state index in [0.29, 0.717) is 17.5 Å². The van der Waals surface area contributed by atoms with Crippen LogP contribution in [0, 0.1) is 0 Å². The maximum Gasteiger partial charge on any atom is 0.268 e. The molecule has 0 aliphatic carbocycles. The van der Waals surface area contributed by atoms with Gasteiger partial charge in [0.05, 0.1) is 17.5 Å². The molecule has 0 saturated carbocycles. The number of carbonyl (C=O) groups is 1. The van der Waals surface area contributed by atoms with Crippen LogP contribution in [0.3, 0.4) is 0 Å². The summed E-state index contributed by atoms with van der Waals surface area (Å²) >= 11 is 0. The number of hydrogen-bond donors (Lipinski definition) is 1. The van der Waals surface area contributed by atoms with Gasteiger partial charge in [-0.05, 0) is 24.8 Å². The van der Waals surface area contributed by atoms with Gasteiger partial charge in [-0.1, -0.05) is 37.3 Å². The van der Waals surface area contributed by atoms with E-state index in [1.807, 2.05) is 6.07 Å². The van der Waals surface area contributed by atoms with Crippen LogP contribution in [0.1, 0.15) is 46.6 Å². The molecule has 0 bridgehead atoms. The Hall–Kier alpha value is -2.15. The van der Waals surface area contributed by atoms with Crippen molar-refractivity contribution in [2.45, 2.75) is 38.0 Å². The Morgan fingerprint density at radius 1 is 1.35 bits per heavy atom. The van der Waals surface area contributed by atoms with Crippen LogP contribution in [0.25, 0.3) is 0 Å². The molecule has 1 amide bonds. The number of fused-ring (bicyclic) bond motifs is 1. The van der Waals surface area contributed by atoms with E-state index in [4.69, 9.17) is 0 Å². The SMILES string of the molecule is CCC(c1ccccc1)S(=O)(=O)NC(=O)c1cnn2c1CCC2. The fourth-order valence-corrected chi connectivity index (χ4v) is 4.48. The number of amides is 1. The molecule has 1 aromatic carbocycles. The van der Waals surface area contributed by atoms with Crippen LogP contribution in [0.4, 0.5) is 0 Å². The molecule has 1 atom stereocenters. The first kappa shape index (κ1) is 15.7. The van der Waals surface area contributed by atoms with Crippen molar-refractivity contribution in [3.63, 3.8) is 0 Å². The van der Waals surface area contributed by atoms with E-state index in [1.54, 1.807) is 35.9 Å². The average molecular weight is 333 g/mol. The van der Waals surface area contributed by atoms with E-state index >= 15 is 0 Å². The number of benzene rings is 1. The quantitative estimate of drug-likeness (QED) is 0.908. The minimum atomic E-state index is -3.80. The van der Waals surface area contributed by atoms with Crippen molar-refractivity contribution in [1.29, 1.82) is 0 Å². The molecule has 1 unspecified atom stereocenters. The Bertz CT molecular complexity index is 812. The van der Waals surface area contributed by atoms with E-state index in [1.165, 1.54) is 6.20 Å². The van der Waals surface area contributed by atoms with Crippen LogP contribution in [0.5, 0.6) is 0 Å². The molecular weight excluding hydrogens is 314 g/mol. The second-order valence-electron chi connectivity index (χ2n) is 5.62. The third kappa shape index (κ3) is 3.01. The highest BCUT2D eigenvalue weighted by Gasteiger charge is 2.30. The van der Waals surface area contributed by atoms with Crippen molar-refractivity contribution in [1.82, 2.24) is 14.5 Å². The van der Waals surface area contributed by atoms with Gasteiger partial charge in [0.2, 0.25) is 10.0 Å². The summed E-state index contributed by atoms with van der Waals surface area (Å²) in [6, 6.07) is 8.93. The predicted octanol–water partition coefficient (Wildman–Crippen LogP) is 2.04. The van der Waals surface area contributed by atoms with E-state index in [-0.39, 0.29) is 0 Å². The van der Waals surface area contributed by atoms with Crippen LogP contribution >= 0.6 is 0 Å². The molecule has 7 heteroatoms.